The molecule has 0 spiro atoms. The first-order chi connectivity index (χ1) is 11.7. The highest BCUT2D eigenvalue weighted by molar-refractivity contribution is 6.30. The molecule has 1 unspecified atom stereocenters. The molecule has 0 bridgehead atoms. The van der Waals surface area contributed by atoms with E-state index in [1.807, 2.05) is 42.5 Å². The summed E-state index contributed by atoms with van der Waals surface area (Å²) in [5.41, 5.74) is 1.52. The first-order valence-corrected chi connectivity index (χ1v) is 8.46. The van der Waals surface area contributed by atoms with E-state index in [0.29, 0.717) is 29.5 Å². The van der Waals surface area contributed by atoms with Crippen LogP contribution in [-0.4, -0.2) is 25.2 Å². The molecular formula is C19H20ClNO3. The van der Waals surface area contributed by atoms with Crippen LogP contribution in [0, 0.1) is 0 Å². The van der Waals surface area contributed by atoms with Crippen LogP contribution >= 0.6 is 11.6 Å². The second-order valence-corrected chi connectivity index (χ2v) is 6.19. The summed E-state index contributed by atoms with van der Waals surface area (Å²) in [6, 6.07) is 14.7. The van der Waals surface area contributed by atoms with Crippen molar-refractivity contribution >= 4 is 17.5 Å². The average molecular weight is 346 g/mol. The molecule has 24 heavy (non-hydrogen) atoms. The number of amides is 1. The Morgan fingerprint density at radius 1 is 1.21 bits per heavy atom. The number of halogens is 1. The molecular weight excluding hydrogens is 326 g/mol. The number of rotatable bonds is 6. The Morgan fingerprint density at radius 2 is 2.00 bits per heavy atom. The number of hydrogen-bond acceptors (Lipinski definition) is 3. The maximum atomic E-state index is 12.5. The third-order valence-electron chi connectivity index (χ3n) is 3.95. The van der Waals surface area contributed by atoms with Crippen LogP contribution < -0.4 is 10.1 Å². The molecule has 4 nitrogen and oxygen atoms in total. The zero-order chi connectivity index (χ0) is 16.8. The van der Waals surface area contributed by atoms with E-state index in [1.54, 1.807) is 6.07 Å². The van der Waals surface area contributed by atoms with Crippen LogP contribution in [0.2, 0.25) is 5.02 Å². The molecule has 126 valence electrons. The summed E-state index contributed by atoms with van der Waals surface area (Å²) in [6.07, 6.45) is 2.19. The smallest absolute Gasteiger partial charge is 0.255 e. The van der Waals surface area contributed by atoms with Crippen LogP contribution in [-0.2, 0) is 11.3 Å². The number of nitrogens with one attached hydrogen (secondary N) is 1. The predicted molar refractivity (Wildman–Crippen MR) is 93.5 cm³/mol. The number of benzene rings is 2. The van der Waals surface area contributed by atoms with E-state index < -0.39 is 0 Å². The van der Waals surface area contributed by atoms with Crippen LogP contribution in [0.1, 0.15) is 28.8 Å². The monoisotopic (exact) mass is 345 g/mol. The summed E-state index contributed by atoms with van der Waals surface area (Å²) in [6.45, 7) is 1.70. The Hall–Kier alpha value is -2.04. The van der Waals surface area contributed by atoms with Gasteiger partial charge in [0.1, 0.15) is 12.4 Å². The lowest BCUT2D eigenvalue weighted by Gasteiger charge is -2.14. The molecule has 1 aliphatic heterocycles. The van der Waals surface area contributed by atoms with Crippen LogP contribution in [0.4, 0.5) is 0 Å². The standard InChI is InChI=1S/C19H20ClNO3/c20-15-9-7-14(8-10-15)12-21-19(22)17-5-1-2-6-18(17)24-13-16-4-3-11-23-16/h1-2,5-10,16H,3-4,11-13H2,(H,21,22). The third-order valence-corrected chi connectivity index (χ3v) is 4.20. The van der Waals surface area contributed by atoms with E-state index in [2.05, 4.69) is 5.32 Å². The summed E-state index contributed by atoms with van der Waals surface area (Å²) in [7, 11) is 0. The lowest BCUT2D eigenvalue weighted by Crippen LogP contribution is -2.24. The maximum Gasteiger partial charge on any atom is 0.255 e. The number of ether oxygens (including phenoxy) is 2. The number of carbonyl (C=O) groups excluding carboxylic acids is 1. The van der Waals surface area contributed by atoms with E-state index in [4.69, 9.17) is 21.1 Å². The van der Waals surface area contributed by atoms with Crippen molar-refractivity contribution in [3.63, 3.8) is 0 Å². The van der Waals surface area contributed by atoms with Gasteiger partial charge in [-0.25, -0.2) is 0 Å². The van der Waals surface area contributed by atoms with Gasteiger partial charge in [0.25, 0.3) is 5.91 Å². The molecule has 1 amide bonds. The highest BCUT2D eigenvalue weighted by Gasteiger charge is 2.18. The molecule has 1 N–H and O–H groups in total. The molecule has 3 rings (SSSR count). The molecule has 1 atom stereocenters. The van der Waals surface area contributed by atoms with E-state index >= 15 is 0 Å². The molecule has 1 fully saturated rings. The van der Waals surface area contributed by atoms with Gasteiger partial charge in [0.15, 0.2) is 0 Å². The number of carbonyl (C=O) groups is 1. The largest absolute Gasteiger partial charge is 0.490 e. The summed E-state index contributed by atoms with van der Waals surface area (Å²) < 4.78 is 11.4. The van der Waals surface area contributed by atoms with Crippen LogP contribution in [0.15, 0.2) is 48.5 Å². The minimum atomic E-state index is -0.159. The second-order valence-electron chi connectivity index (χ2n) is 5.75. The number of hydrogen-bond donors (Lipinski definition) is 1. The third kappa shape index (κ3) is 4.49. The Labute approximate surface area is 146 Å². The SMILES string of the molecule is O=C(NCc1ccc(Cl)cc1)c1ccccc1OCC1CCCO1. The molecule has 1 aliphatic rings. The highest BCUT2D eigenvalue weighted by atomic mass is 35.5. The first kappa shape index (κ1) is 16.8. The molecule has 0 radical (unpaired) electrons. The lowest BCUT2D eigenvalue weighted by atomic mass is 10.1. The summed E-state index contributed by atoms with van der Waals surface area (Å²) in [4.78, 5) is 12.5. The first-order valence-electron chi connectivity index (χ1n) is 8.08. The summed E-state index contributed by atoms with van der Waals surface area (Å²) in [5, 5.41) is 3.59. The zero-order valence-corrected chi connectivity index (χ0v) is 14.1. The zero-order valence-electron chi connectivity index (χ0n) is 13.3. The van der Waals surface area contributed by atoms with Gasteiger partial charge in [-0.1, -0.05) is 35.9 Å². The van der Waals surface area contributed by atoms with Crippen molar-refractivity contribution in [2.24, 2.45) is 0 Å². The molecule has 2 aromatic carbocycles. The van der Waals surface area contributed by atoms with Crippen molar-refractivity contribution in [1.29, 1.82) is 0 Å². The van der Waals surface area contributed by atoms with Gasteiger partial charge in [0.05, 0.1) is 11.7 Å². The fraction of sp³-hybridized carbons (Fsp3) is 0.316. The summed E-state index contributed by atoms with van der Waals surface area (Å²) >= 11 is 5.87. The molecule has 0 aromatic heterocycles. The normalized spacial score (nSPS) is 16.8. The van der Waals surface area contributed by atoms with Crippen molar-refractivity contribution in [3.8, 4) is 5.75 Å². The predicted octanol–water partition coefficient (Wildman–Crippen LogP) is 3.83. The molecule has 1 saturated heterocycles. The molecule has 0 aliphatic carbocycles. The number of para-hydroxylation sites is 1. The van der Waals surface area contributed by atoms with Gasteiger partial charge in [0.2, 0.25) is 0 Å². The van der Waals surface area contributed by atoms with Gasteiger partial charge >= 0.3 is 0 Å². The topological polar surface area (TPSA) is 47.6 Å². The molecule has 2 aromatic rings. The average Bonchev–Trinajstić information content (AvgIpc) is 3.13. The van der Waals surface area contributed by atoms with Crippen molar-refractivity contribution in [2.75, 3.05) is 13.2 Å². The van der Waals surface area contributed by atoms with Crippen molar-refractivity contribution in [3.05, 3.63) is 64.7 Å². The Balaban J connectivity index is 1.60. The molecule has 1 heterocycles. The van der Waals surface area contributed by atoms with Gasteiger partial charge in [-0.05, 0) is 42.7 Å². The van der Waals surface area contributed by atoms with Gasteiger partial charge in [-0.3, -0.25) is 4.79 Å². The van der Waals surface area contributed by atoms with Crippen LogP contribution in [0.3, 0.4) is 0 Å². The maximum absolute atomic E-state index is 12.5. The Bertz CT molecular complexity index is 681. The molecule has 5 heteroatoms. The van der Waals surface area contributed by atoms with Crippen LogP contribution in [0.25, 0.3) is 0 Å². The Morgan fingerprint density at radius 3 is 2.75 bits per heavy atom. The van der Waals surface area contributed by atoms with Gasteiger partial charge in [-0.15, -0.1) is 0 Å². The minimum Gasteiger partial charge on any atom is -0.490 e. The summed E-state index contributed by atoms with van der Waals surface area (Å²) in [5.74, 6) is 0.425. The van der Waals surface area contributed by atoms with Crippen molar-refractivity contribution < 1.29 is 14.3 Å². The van der Waals surface area contributed by atoms with Crippen molar-refractivity contribution in [1.82, 2.24) is 5.32 Å². The van der Waals surface area contributed by atoms with Gasteiger partial charge in [-0.2, -0.15) is 0 Å². The van der Waals surface area contributed by atoms with Crippen molar-refractivity contribution in [2.45, 2.75) is 25.5 Å². The van der Waals surface area contributed by atoms with E-state index in [9.17, 15) is 4.79 Å². The van der Waals surface area contributed by atoms with E-state index in [1.165, 1.54) is 0 Å². The van der Waals surface area contributed by atoms with Gasteiger partial charge in [0, 0.05) is 18.2 Å². The lowest BCUT2D eigenvalue weighted by molar-refractivity contribution is 0.0670. The van der Waals surface area contributed by atoms with E-state index in [0.717, 1.165) is 25.0 Å². The molecule has 0 saturated carbocycles. The highest BCUT2D eigenvalue weighted by Crippen LogP contribution is 2.20. The second kappa shape index (κ2) is 8.18. The van der Waals surface area contributed by atoms with E-state index in [-0.39, 0.29) is 12.0 Å². The fourth-order valence-corrected chi connectivity index (χ4v) is 2.74. The Kier molecular flexibility index (Phi) is 5.72. The fourth-order valence-electron chi connectivity index (χ4n) is 2.62. The van der Waals surface area contributed by atoms with Gasteiger partial charge < -0.3 is 14.8 Å². The minimum absolute atomic E-state index is 0.121. The quantitative estimate of drug-likeness (QED) is 0.865. The van der Waals surface area contributed by atoms with Crippen LogP contribution in [0.5, 0.6) is 5.75 Å².